The number of rotatable bonds is 9. The number of nitrogens with zero attached hydrogens (tertiary/aromatic N) is 7. The predicted molar refractivity (Wildman–Crippen MR) is 145 cm³/mol. The average molecular weight is 538 g/mol. The molecule has 5 rings (SSSR count). The second kappa shape index (κ2) is 11.0. The highest BCUT2D eigenvalue weighted by Gasteiger charge is 2.30. The first-order valence-corrected chi connectivity index (χ1v) is 14.0. The fourth-order valence-corrected chi connectivity index (χ4v) is 5.75. The Balaban J connectivity index is 1.29. The van der Waals surface area contributed by atoms with Gasteiger partial charge >= 0.3 is 0 Å². The van der Waals surface area contributed by atoms with Crippen LogP contribution in [0, 0.1) is 6.92 Å². The standard InChI is InChI=1S/C26H31N7O4S/c1-19-27-10-11-32(19)13-15-38(34,35)33-12-14-36-22(17-33)18-37-26-25-24(28-8-9-29-25)16-23(30-26)20-4-6-21(7-5-20)31(2)3/h4-11,16,22H,12-15,17-18H2,1-3H3/t22-/m0/s1. The highest BCUT2D eigenvalue weighted by molar-refractivity contribution is 7.89. The summed E-state index contributed by atoms with van der Waals surface area (Å²) in [6, 6.07) is 9.94. The molecule has 0 aliphatic carbocycles. The van der Waals surface area contributed by atoms with Gasteiger partial charge in [-0.15, -0.1) is 0 Å². The molecule has 1 aliphatic rings. The summed E-state index contributed by atoms with van der Waals surface area (Å²) in [4.78, 5) is 19.8. The fraction of sp³-hybridized carbons (Fsp3) is 0.385. The molecule has 11 nitrogen and oxygen atoms in total. The van der Waals surface area contributed by atoms with Crippen LogP contribution >= 0.6 is 0 Å². The van der Waals surface area contributed by atoms with Crippen LogP contribution in [-0.4, -0.2) is 89.5 Å². The number of ether oxygens (including phenoxy) is 2. The molecule has 1 atom stereocenters. The van der Waals surface area contributed by atoms with Crippen LogP contribution in [0.2, 0.25) is 0 Å². The number of fused-ring (bicyclic) bond motifs is 1. The van der Waals surface area contributed by atoms with E-state index in [9.17, 15) is 8.42 Å². The van der Waals surface area contributed by atoms with E-state index in [4.69, 9.17) is 14.5 Å². The molecule has 38 heavy (non-hydrogen) atoms. The van der Waals surface area contributed by atoms with Gasteiger partial charge < -0.3 is 18.9 Å². The summed E-state index contributed by atoms with van der Waals surface area (Å²) in [5.74, 6) is 1.11. The summed E-state index contributed by atoms with van der Waals surface area (Å²) in [6.07, 6.45) is 6.23. The van der Waals surface area contributed by atoms with Crippen LogP contribution in [0.3, 0.4) is 0 Å². The van der Waals surface area contributed by atoms with E-state index in [-0.39, 0.29) is 18.9 Å². The second-order valence-corrected chi connectivity index (χ2v) is 11.4. The molecule has 1 aliphatic heterocycles. The number of aromatic nitrogens is 5. The molecule has 0 saturated carbocycles. The minimum Gasteiger partial charge on any atom is -0.473 e. The van der Waals surface area contributed by atoms with Crippen molar-refractivity contribution in [3.05, 3.63) is 60.9 Å². The zero-order valence-electron chi connectivity index (χ0n) is 21.7. The lowest BCUT2D eigenvalue weighted by Gasteiger charge is -2.32. The van der Waals surface area contributed by atoms with Crippen molar-refractivity contribution in [1.29, 1.82) is 0 Å². The van der Waals surface area contributed by atoms with E-state index in [0.29, 0.717) is 42.3 Å². The number of morpholine rings is 1. The van der Waals surface area contributed by atoms with Crippen molar-refractivity contribution in [2.75, 3.05) is 51.1 Å². The summed E-state index contributed by atoms with van der Waals surface area (Å²) in [5, 5.41) is 0. The van der Waals surface area contributed by atoms with Crippen molar-refractivity contribution in [3.63, 3.8) is 0 Å². The summed E-state index contributed by atoms with van der Waals surface area (Å²) in [7, 11) is 0.511. The molecule has 1 aromatic carbocycles. The van der Waals surface area contributed by atoms with Crippen molar-refractivity contribution < 1.29 is 17.9 Å². The van der Waals surface area contributed by atoms with Gasteiger partial charge in [-0.2, -0.15) is 4.31 Å². The van der Waals surface area contributed by atoms with Gasteiger partial charge in [0, 0.05) is 69.8 Å². The molecule has 0 amide bonds. The van der Waals surface area contributed by atoms with Gasteiger partial charge in [-0.3, -0.25) is 4.98 Å². The number of benzene rings is 1. The molecule has 0 bridgehead atoms. The molecule has 0 spiro atoms. The van der Waals surface area contributed by atoms with E-state index in [2.05, 4.69) is 15.0 Å². The smallest absolute Gasteiger partial charge is 0.242 e. The molecule has 200 valence electrons. The predicted octanol–water partition coefficient (Wildman–Crippen LogP) is 2.37. The van der Waals surface area contributed by atoms with Crippen LogP contribution in [0.25, 0.3) is 22.3 Å². The van der Waals surface area contributed by atoms with Crippen LogP contribution in [0.1, 0.15) is 5.82 Å². The Bertz CT molecular complexity index is 1510. The monoisotopic (exact) mass is 537 g/mol. The average Bonchev–Trinajstić information content (AvgIpc) is 3.35. The molecule has 4 heterocycles. The quantitative estimate of drug-likeness (QED) is 0.317. The maximum absolute atomic E-state index is 13.0. The first-order chi connectivity index (χ1) is 18.3. The SMILES string of the molecule is Cc1nccn1CCS(=O)(=O)N1CCO[C@H](COc2nc(-c3ccc(N(C)C)cc3)cc3nccnc23)C1. The summed E-state index contributed by atoms with van der Waals surface area (Å²) in [6.45, 7) is 3.15. The van der Waals surface area contributed by atoms with Gasteiger partial charge in [0.15, 0.2) is 5.52 Å². The molecular weight excluding hydrogens is 506 g/mol. The number of pyridine rings is 1. The number of sulfonamides is 1. The summed E-state index contributed by atoms with van der Waals surface area (Å²) < 4.78 is 41.3. The van der Waals surface area contributed by atoms with E-state index in [1.54, 1.807) is 24.8 Å². The highest BCUT2D eigenvalue weighted by atomic mass is 32.2. The zero-order chi connectivity index (χ0) is 26.7. The van der Waals surface area contributed by atoms with Gasteiger partial charge in [0.25, 0.3) is 0 Å². The van der Waals surface area contributed by atoms with Gasteiger partial charge in [0.05, 0.1) is 23.6 Å². The van der Waals surface area contributed by atoms with Crippen molar-refractivity contribution >= 4 is 26.7 Å². The third kappa shape index (κ3) is 5.77. The molecule has 0 N–H and O–H groups in total. The minimum atomic E-state index is -3.47. The van der Waals surface area contributed by atoms with Crippen LogP contribution in [0.15, 0.2) is 55.1 Å². The zero-order valence-corrected chi connectivity index (χ0v) is 22.5. The Labute approximate surface area is 222 Å². The van der Waals surface area contributed by atoms with Crippen LogP contribution in [0.4, 0.5) is 5.69 Å². The van der Waals surface area contributed by atoms with E-state index in [1.165, 1.54) is 4.31 Å². The molecule has 4 aromatic rings. The normalized spacial score (nSPS) is 16.6. The van der Waals surface area contributed by atoms with Crippen molar-refractivity contribution in [1.82, 2.24) is 28.8 Å². The number of aryl methyl sites for hydroxylation is 2. The lowest BCUT2D eigenvalue weighted by molar-refractivity contribution is -0.0254. The van der Waals surface area contributed by atoms with Crippen LogP contribution in [-0.2, 0) is 21.3 Å². The maximum Gasteiger partial charge on any atom is 0.242 e. The molecule has 1 fully saturated rings. The lowest BCUT2D eigenvalue weighted by atomic mass is 10.1. The highest BCUT2D eigenvalue weighted by Crippen LogP contribution is 2.28. The Kier molecular flexibility index (Phi) is 7.54. The first-order valence-electron chi connectivity index (χ1n) is 12.4. The Morgan fingerprint density at radius 3 is 2.63 bits per heavy atom. The van der Waals surface area contributed by atoms with Gasteiger partial charge in [-0.05, 0) is 25.1 Å². The van der Waals surface area contributed by atoms with Crippen molar-refractivity contribution in [2.45, 2.75) is 19.6 Å². The van der Waals surface area contributed by atoms with E-state index < -0.39 is 16.1 Å². The van der Waals surface area contributed by atoms with Crippen LogP contribution in [0.5, 0.6) is 5.88 Å². The first kappa shape index (κ1) is 26.0. The molecule has 3 aromatic heterocycles. The van der Waals surface area contributed by atoms with E-state index in [1.807, 2.05) is 60.8 Å². The third-order valence-electron chi connectivity index (χ3n) is 6.52. The van der Waals surface area contributed by atoms with Crippen molar-refractivity contribution in [3.8, 4) is 17.1 Å². The lowest BCUT2D eigenvalue weighted by Crippen LogP contribution is -2.48. The van der Waals surface area contributed by atoms with E-state index >= 15 is 0 Å². The Morgan fingerprint density at radius 1 is 1.11 bits per heavy atom. The topological polar surface area (TPSA) is 116 Å². The summed E-state index contributed by atoms with van der Waals surface area (Å²) >= 11 is 0. The number of anilines is 1. The fourth-order valence-electron chi connectivity index (χ4n) is 4.32. The van der Waals surface area contributed by atoms with Gasteiger partial charge in [0.2, 0.25) is 15.9 Å². The van der Waals surface area contributed by atoms with Crippen molar-refractivity contribution in [2.24, 2.45) is 0 Å². The second-order valence-electron chi connectivity index (χ2n) is 9.32. The number of hydrogen-bond acceptors (Lipinski definition) is 9. The Hall–Kier alpha value is -3.61. The van der Waals surface area contributed by atoms with E-state index in [0.717, 1.165) is 17.1 Å². The maximum atomic E-state index is 13.0. The third-order valence-corrected chi connectivity index (χ3v) is 8.34. The largest absolute Gasteiger partial charge is 0.473 e. The Morgan fingerprint density at radius 2 is 1.89 bits per heavy atom. The minimum absolute atomic E-state index is 0.00574. The van der Waals surface area contributed by atoms with Crippen LogP contribution < -0.4 is 9.64 Å². The molecular formula is C26H31N7O4S. The van der Waals surface area contributed by atoms with Gasteiger partial charge in [-0.1, -0.05) is 12.1 Å². The number of hydrogen-bond donors (Lipinski definition) is 0. The van der Waals surface area contributed by atoms with Gasteiger partial charge in [-0.25, -0.2) is 23.4 Å². The molecule has 0 radical (unpaired) electrons. The summed E-state index contributed by atoms with van der Waals surface area (Å²) in [5.41, 5.74) is 3.92. The molecule has 0 unspecified atom stereocenters. The molecule has 12 heteroatoms. The molecule has 1 saturated heterocycles. The van der Waals surface area contributed by atoms with Gasteiger partial charge in [0.1, 0.15) is 18.5 Å². The number of imidazole rings is 1.